The lowest BCUT2D eigenvalue weighted by Gasteiger charge is -2.35. The molecule has 18 heteroatoms. The van der Waals surface area contributed by atoms with Gasteiger partial charge in [0.05, 0.1) is 48.6 Å². The summed E-state index contributed by atoms with van der Waals surface area (Å²) in [6.45, 7) is 5.20. The quantitative estimate of drug-likeness (QED) is 0.131. The molecular weight excluding hydrogens is 869 g/mol. The van der Waals surface area contributed by atoms with Gasteiger partial charge in [-0.1, -0.05) is 6.07 Å². The molecule has 1 aliphatic carbocycles. The zero-order chi connectivity index (χ0) is 46.7. The van der Waals surface area contributed by atoms with Crippen molar-refractivity contribution in [1.29, 1.82) is 5.26 Å². The van der Waals surface area contributed by atoms with E-state index in [2.05, 4.69) is 47.5 Å². The van der Waals surface area contributed by atoms with Crippen LogP contribution in [-0.4, -0.2) is 114 Å². The highest BCUT2D eigenvalue weighted by atomic mass is 19.1. The number of imide groups is 1. The lowest BCUT2D eigenvalue weighted by atomic mass is 9.83. The molecule has 0 radical (unpaired) electrons. The zero-order valence-electron chi connectivity index (χ0n) is 37.7. The lowest BCUT2D eigenvalue weighted by molar-refractivity contribution is -0.134. The van der Waals surface area contributed by atoms with Crippen molar-refractivity contribution in [2.24, 2.45) is 5.92 Å². The number of piperazine rings is 1. The van der Waals surface area contributed by atoms with Crippen LogP contribution in [0, 0.1) is 28.9 Å². The number of aromatic nitrogens is 7. The van der Waals surface area contributed by atoms with Crippen LogP contribution in [0.4, 0.5) is 20.3 Å². The molecular formula is C50H53F2N13O3. The van der Waals surface area contributed by atoms with Crippen LogP contribution in [0.15, 0.2) is 79.6 Å². The van der Waals surface area contributed by atoms with Gasteiger partial charge in [0.1, 0.15) is 40.6 Å². The number of rotatable bonds is 12. The number of nitriles is 1. The van der Waals surface area contributed by atoms with Crippen LogP contribution in [0.3, 0.4) is 0 Å². The van der Waals surface area contributed by atoms with Crippen molar-refractivity contribution >= 4 is 34.7 Å². The molecule has 5 aromatic heterocycles. The summed E-state index contributed by atoms with van der Waals surface area (Å²) >= 11 is 0. The van der Waals surface area contributed by atoms with Gasteiger partial charge in [-0.25, -0.2) is 23.3 Å². The van der Waals surface area contributed by atoms with Gasteiger partial charge in [0.15, 0.2) is 0 Å². The molecule has 16 nitrogen and oxygen atoms in total. The van der Waals surface area contributed by atoms with Gasteiger partial charge in [0.2, 0.25) is 17.7 Å². The van der Waals surface area contributed by atoms with E-state index in [9.17, 15) is 24.0 Å². The first-order valence-electron chi connectivity index (χ1n) is 23.7. The third-order valence-electron chi connectivity index (χ3n) is 14.3. The highest BCUT2D eigenvalue weighted by Gasteiger charge is 2.29. The first kappa shape index (κ1) is 44.7. The number of carbonyl (C=O) groups is 3. The number of likely N-dealkylation sites (tertiary alicyclic amines) is 1. The molecule has 0 bridgehead atoms. The Morgan fingerprint density at radius 1 is 0.838 bits per heavy atom. The van der Waals surface area contributed by atoms with Crippen molar-refractivity contribution in [3.63, 3.8) is 0 Å². The number of fused-ring (bicyclic) bond motifs is 1. The van der Waals surface area contributed by atoms with Crippen LogP contribution in [0.5, 0.6) is 0 Å². The largest absolute Gasteiger partial charge is 0.374 e. The second-order valence-electron chi connectivity index (χ2n) is 18.5. The Morgan fingerprint density at radius 2 is 1.66 bits per heavy atom. The number of nitrogens with one attached hydrogen (secondary N) is 2. The molecule has 2 N–H and O–H groups in total. The molecule has 3 aliphatic heterocycles. The summed E-state index contributed by atoms with van der Waals surface area (Å²) in [6.07, 6.45) is 18.3. The van der Waals surface area contributed by atoms with E-state index < -0.39 is 11.9 Å². The van der Waals surface area contributed by atoms with Gasteiger partial charge in [0.25, 0.3) is 0 Å². The Bertz CT molecular complexity index is 2840. The summed E-state index contributed by atoms with van der Waals surface area (Å²) in [6, 6.07) is 13.9. The molecule has 68 heavy (non-hydrogen) atoms. The molecule has 3 saturated heterocycles. The smallest absolute Gasteiger partial charge is 0.249 e. The number of hydrogen-bond acceptors (Lipinski definition) is 12. The third kappa shape index (κ3) is 9.80. The second kappa shape index (κ2) is 19.6. The van der Waals surface area contributed by atoms with E-state index in [-0.39, 0.29) is 48.3 Å². The van der Waals surface area contributed by atoms with Gasteiger partial charge < -0.3 is 20.0 Å². The Balaban J connectivity index is 0.712. The molecule has 1 aromatic carbocycles. The molecule has 3 amide bonds. The number of carbonyl (C=O) groups excluding carboxylic acids is 3. The van der Waals surface area contributed by atoms with E-state index in [4.69, 9.17) is 15.1 Å². The second-order valence-corrected chi connectivity index (χ2v) is 18.5. The minimum absolute atomic E-state index is 0.0447. The van der Waals surface area contributed by atoms with Gasteiger partial charge >= 0.3 is 0 Å². The number of nitrogens with zero attached hydrogens (tertiary/aromatic N) is 11. The van der Waals surface area contributed by atoms with Crippen LogP contribution < -0.4 is 15.5 Å². The highest BCUT2D eigenvalue weighted by molar-refractivity contribution is 6.01. The van der Waals surface area contributed by atoms with Crippen LogP contribution in [0.1, 0.15) is 86.6 Å². The number of benzene rings is 1. The number of anilines is 2. The fourth-order valence-electron chi connectivity index (χ4n) is 10.3. The summed E-state index contributed by atoms with van der Waals surface area (Å²) in [5.74, 6) is 0.206. The number of hydrogen-bond donors (Lipinski definition) is 2. The van der Waals surface area contributed by atoms with Gasteiger partial charge in [-0.3, -0.25) is 29.4 Å². The predicted octanol–water partition coefficient (Wildman–Crippen LogP) is 6.31. The standard InChI is InChI=1S/C50H53F2N13O3/c51-37-4-5-38(54-29-37)24-47(67)63-21-19-62(20-22-63)45-11-3-34(26-55-45)48-49-35(25-53)27-57-65(49)31-44(59-48)36-28-56-64(30-36)40-7-1-32(2-8-40)13-16-61-17-14-33(15-18-61)41-9-6-39(23-42(41)52)58-43-10-12-46(66)60-50(43)68/h3-6,9,11,23,26-33,40,43,58H,1-2,7-8,10,12-22,24H2,(H,60,66,68)/t32-,40-,43?. The van der Waals surface area contributed by atoms with E-state index in [1.54, 1.807) is 21.8 Å². The topological polar surface area (TPSA) is 183 Å². The van der Waals surface area contributed by atoms with E-state index >= 15 is 4.39 Å². The number of piperidine rings is 2. The van der Waals surface area contributed by atoms with Gasteiger partial charge in [0, 0.05) is 67.5 Å². The van der Waals surface area contributed by atoms with E-state index in [1.807, 2.05) is 36.7 Å². The van der Waals surface area contributed by atoms with Gasteiger partial charge in [-0.2, -0.15) is 15.5 Å². The van der Waals surface area contributed by atoms with Crippen LogP contribution in [0.2, 0.25) is 0 Å². The van der Waals surface area contributed by atoms with Crippen LogP contribution >= 0.6 is 0 Å². The van der Waals surface area contributed by atoms with Crippen molar-refractivity contribution in [3.05, 3.63) is 108 Å². The monoisotopic (exact) mass is 921 g/mol. The van der Waals surface area contributed by atoms with Crippen molar-refractivity contribution in [2.45, 2.75) is 82.2 Å². The molecule has 4 fully saturated rings. The fraction of sp³-hybridized carbons (Fsp3) is 0.420. The average molecular weight is 922 g/mol. The Hall–Kier alpha value is -7.13. The molecule has 0 spiro atoms. The Morgan fingerprint density at radius 3 is 2.38 bits per heavy atom. The van der Waals surface area contributed by atoms with E-state index in [1.165, 1.54) is 18.2 Å². The minimum Gasteiger partial charge on any atom is -0.374 e. The summed E-state index contributed by atoms with van der Waals surface area (Å²) in [7, 11) is 0. The molecule has 4 aliphatic rings. The predicted molar refractivity (Wildman–Crippen MR) is 249 cm³/mol. The summed E-state index contributed by atoms with van der Waals surface area (Å²) in [5, 5.41) is 24.7. The summed E-state index contributed by atoms with van der Waals surface area (Å²) in [5.41, 5.74) is 5.72. The van der Waals surface area contributed by atoms with Crippen molar-refractivity contribution in [2.75, 3.05) is 56.0 Å². The maximum Gasteiger partial charge on any atom is 0.249 e. The molecule has 6 aromatic rings. The Kier molecular flexibility index (Phi) is 12.9. The zero-order valence-corrected chi connectivity index (χ0v) is 37.7. The summed E-state index contributed by atoms with van der Waals surface area (Å²) in [4.78, 5) is 56.9. The van der Waals surface area contributed by atoms with Gasteiger partial charge in [-0.05, 0) is 125 Å². The van der Waals surface area contributed by atoms with Crippen molar-refractivity contribution in [3.8, 4) is 28.6 Å². The van der Waals surface area contributed by atoms with Crippen LogP contribution in [-0.2, 0) is 20.8 Å². The normalized spacial score (nSPS) is 20.6. The van der Waals surface area contributed by atoms with Crippen LogP contribution in [0.25, 0.3) is 28.0 Å². The number of halogens is 2. The number of pyridine rings is 2. The summed E-state index contributed by atoms with van der Waals surface area (Å²) < 4.78 is 32.4. The minimum atomic E-state index is -0.544. The van der Waals surface area contributed by atoms with E-state index in [0.717, 1.165) is 93.3 Å². The first-order valence-corrected chi connectivity index (χ1v) is 23.7. The average Bonchev–Trinajstić information content (AvgIpc) is 4.04. The third-order valence-corrected chi connectivity index (χ3v) is 14.3. The molecule has 1 unspecified atom stereocenters. The molecule has 1 atom stereocenters. The maximum absolute atomic E-state index is 15.3. The molecule has 8 heterocycles. The molecule has 1 saturated carbocycles. The highest BCUT2D eigenvalue weighted by Crippen LogP contribution is 2.37. The Labute approximate surface area is 392 Å². The SMILES string of the molecule is N#Cc1cnn2cc(-c3cnn([C@H]4CC[C@H](CCN5CCC(c6ccc(NC7CCC(=O)NC7=O)cc6F)CC5)CC4)c3)nc(-c3ccc(N4CCN(C(=O)Cc5ccc(F)cn5)CC4)nc3)c12. The lowest BCUT2D eigenvalue weighted by Crippen LogP contribution is -2.49. The first-order chi connectivity index (χ1) is 33.1. The number of amides is 3. The van der Waals surface area contributed by atoms with Crippen molar-refractivity contribution in [1.82, 2.24) is 49.5 Å². The fourth-order valence-corrected chi connectivity index (χ4v) is 10.3. The maximum atomic E-state index is 15.3. The van der Waals surface area contributed by atoms with Gasteiger partial charge in [-0.15, -0.1) is 0 Å². The molecule has 350 valence electrons. The van der Waals surface area contributed by atoms with Crippen molar-refractivity contribution < 1.29 is 23.2 Å². The van der Waals surface area contributed by atoms with E-state index in [0.29, 0.717) is 72.4 Å². The molecule has 10 rings (SSSR count).